The van der Waals surface area contributed by atoms with Crippen LogP contribution in [0.5, 0.6) is 0 Å². The third-order valence-electron chi connectivity index (χ3n) is 3.09. The number of carbonyl (C=O) groups excluding carboxylic acids is 1. The fourth-order valence-electron chi connectivity index (χ4n) is 1.94. The van der Waals surface area contributed by atoms with Gasteiger partial charge in [0.1, 0.15) is 5.82 Å². The van der Waals surface area contributed by atoms with Crippen LogP contribution in [0.3, 0.4) is 0 Å². The number of nitrogens with one attached hydrogen (secondary N) is 1. The Bertz CT molecular complexity index is 616. The quantitative estimate of drug-likeness (QED) is 0.782. The fraction of sp³-hybridized carbons (Fsp3) is 0.188. The molecular weight excluding hydrogens is 384 g/mol. The minimum absolute atomic E-state index is 0.149. The van der Waals surface area contributed by atoms with Crippen LogP contribution in [0.25, 0.3) is 0 Å². The van der Waals surface area contributed by atoms with Crippen molar-refractivity contribution < 1.29 is 13.9 Å². The van der Waals surface area contributed by atoms with E-state index in [2.05, 4.69) is 27.9 Å². The first-order valence-corrected chi connectivity index (χ1v) is 7.50. The Kier molecular flexibility index (Phi) is 5.69. The predicted molar refractivity (Wildman–Crippen MR) is 87.6 cm³/mol. The van der Waals surface area contributed by atoms with Crippen molar-refractivity contribution in [2.75, 3.05) is 13.7 Å². The van der Waals surface area contributed by atoms with Gasteiger partial charge in [-0.3, -0.25) is 4.79 Å². The molecule has 1 atom stereocenters. The number of rotatable bonds is 5. The second kappa shape index (κ2) is 7.51. The van der Waals surface area contributed by atoms with Gasteiger partial charge in [-0.1, -0.05) is 24.3 Å². The highest BCUT2D eigenvalue weighted by atomic mass is 127. The molecule has 0 aromatic heterocycles. The van der Waals surface area contributed by atoms with E-state index < -0.39 is 0 Å². The standard InChI is InChI=1S/C16H15FINO2/c1-21-15(11-6-8-12(17)9-7-11)10-19-16(20)13-4-2-3-5-14(13)18/h2-9,15H,10H2,1H3,(H,19,20). The van der Waals surface area contributed by atoms with E-state index in [0.29, 0.717) is 12.1 Å². The van der Waals surface area contributed by atoms with Crippen LogP contribution in [0, 0.1) is 9.39 Å². The molecule has 0 spiro atoms. The number of methoxy groups -OCH3 is 1. The van der Waals surface area contributed by atoms with Crippen molar-refractivity contribution in [1.29, 1.82) is 0 Å². The fourth-order valence-corrected chi connectivity index (χ4v) is 2.57. The second-order valence-electron chi connectivity index (χ2n) is 4.47. The molecule has 2 rings (SSSR count). The molecule has 1 amide bonds. The number of halogens is 2. The maximum Gasteiger partial charge on any atom is 0.252 e. The first kappa shape index (κ1) is 15.9. The van der Waals surface area contributed by atoms with E-state index in [9.17, 15) is 9.18 Å². The van der Waals surface area contributed by atoms with Gasteiger partial charge in [-0.2, -0.15) is 0 Å². The zero-order valence-corrected chi connectivity index (χ0v) is 13.6. The lowest BCUT2D eigenvalue weighted by atomic mass is 10.1. The van der Waals surface area contributed by atoms with E-state index in [1.807, 2.05) is 18.2 Å². The van der Waals surface area contributed by atoms with Crippen LogP contribution in [0.1, 0.15) is 22.0 Å². The van der Waals surface area contributed by atoms with Crippen molar-refractivity contribution in [3.63, 3.8) is 0 Å². The van der Waals surface area contributed by atoms with Gasteiger partial charge in [-0.15, -0.1) is 0 Å². The van der Waals surface area contributed by atoms with Crippen LogP contribution < -0.4 is 5.32 Å². The Balaban J connectivity index is 2.02. The van der Waals surface area contributed by atoms with Crippen LogP contribution in [0.4, 0.5) is 4.39 Å². The number of amides is 1. The van der Waals surface area contributed by atoms with Gasteiger partial charge in [0.05, 0.1) is 11.7 Å². The lowest BCUT2D eigenvalue weighted by Gasteiger charge is -2.17. The number of hydrogen-bond acceptors (Lipinski definition) is 2. The van der Waals surface area contributed by atoms with E-state index in [0.717, 1.165) is 9.13 Å². The summed E-state index contributed by atoms with van der Waals surface area (Å²) in [6.45, 7) is 0.325. The summed E-state index contributed by atoms with van der Waals surface area (Å²) in [6, 6.07) is 13.4. The van der Waals surface area contributed by atoms with Crippen molar-refractivity contribution in [2.45, 2.75) is 6.10 Å². The SMILES string of the molecule is COC(CNC(=O)c1ccccc1I)c1ccc(F)cc1. The third kappa shape index (κ3) is 4.25. The molecule has 0 saturated carbocycles. The van der Waals surface area contributed by atoms with Gasteiger partial charge >= 0.3 is 0 Å². The van der Waals surface area contributed by atoms with Crippen molar-refractivity contribution in [2.24, 2.45) is 0 Å². The summed E-state index contributed by atoms with van der Waals surface area (Å²) in [5.41, 5.74) is 1.45. The van der Waals surface area contributed by atoms with Gasteiger partial charge in [-0.05, 0) is 52.4 Å². The Morgan fingerprint density at radius 1 is 1.24 bits per heavy atom. The lowest BCUT2D eigenvalue weighted by molar-refractivity contribution is 0.0827. The van der Waals surface area contributed by atoms with Crippen molar-refractivity contribution in [3.8, 4) is 0 Å². The Labute approximate surface area is 136 Å². The van der Waals surface area contributed by atoms with Gasteiger partial charge in [-0.25, -0.2) is 4.39 Å². The largest absolute Gasteiger partial charge is 0.375 e. The molecule has 0 aliphatic rings. The van der Waals surface area contributed by atoms with Crippen molar-refractivity contribution in [3.05, 3.63) is 69.0 Å². The topological polar surface area (TPSA) is 38.3 Å². The van der Waals surface area contributed by atoms with E-state index in [1.54, 1.807) is 25.3 Å². The maximum atomic E-state index is 12.9. The molecule has 1 N–H and O–H groups in total. The molecule has 0 radical (unpaired) electrons. The summed E-state index contributed by atoms with van der Waals surface area (Å²) in [6.07, 6.45) is -0.309. The second-order valence-corrected chi connectivity index (χ2v) is 5.63. The minimum Gasteiger partial charge on any atom is -0.375 e. The lowest BCUT2D eigenvalue weighted by Crippen LogP contribution is -2.29. The summed E-state index contributed by atoms with van der Waals surface area (Å²) < 4.78 is 19.2. The molecule has 0 aliphatic heterocycles. The molecule has 2 aromatic carbocycles. The highest BCUT2D eigenvalue weighted by Crippen LogP contribution is 2.17. The Hall–Kier alpha value is -1.47. The summed E-state index contributed by atoms with van der Waals surface area (Å²) in [5.74, 6) is -0.444. The van der Waals surface area contributed by atoms with Crippen LogP contribution in [0.15, 0.2) is 48.5 Å². The molecule has 110 valence electrons. The summed E-state index contributed by atoms with van der Waals surface area (Å²) in [7, 11) is 1.56. The molecule has 2 aromatic rings. The monoisotopic (exact) mass is 399 g/mol. The highest BCUT2D eigenvalue weighted by molar-refractivity contribution is 14.1. The van der Waals surface area contributed by atoms with Crippen LogP contribution >= 0.6 is 22.6 Å². The normalized spacial score (nSPS) is 12.0. The third-order valence-corrected chi connectivity index (χ3v) is 4.03. The number of benzene rings is 2. The van der Waals surface area contributed by atoms with Crippen LogP contribution in [0.2, 0.25) is 0 Å². The molecule has 21 heavy (non-hydrogen) atoms. The van der Waals surface area contributed by atoms with E-state index in [1.165, 1.54) is 12.1 Å². The zero-order valence-electron chi connectivity index (χ0n) is 11.5. The highest BCUT2D eigenvalue weighted by Gasteiger charge is 2.14. The number of hydrogen-bond donors (Lipinski definition) is 1. The molecule has 0 fully saturated rings. The van der Waals surface area contributed by atoms with Crippen LogP contribution in [-0.2, 0) is 4.74 Å². The van der Waals surface area contributed by atoms with Crippen molar-refractivity contribution in [1.82, 2.24) is 5.32 Å². The Morgan fingerprint density at radius 2 is 1.90 bits per heavy atom. The van der Waals surface area contributed by atoms with Gasteiger partial charge in [0, 0.05) is 17.2 Å². The van der Waals surface area contributed by atoms with Gasteiger partial charge in [0.15, 0.2) is 0 Å². The molecule has 5 heteroatoms. The Morgan fingerprint density at radius 3 is 2.52 bits per heavy atom. The zero-order chi connectivity index (χ0) is 15.2. The summed E-state index contributed by atoms with van der Waals surface area (Å²) in [5, 5.41) is 2.84. The molecule has 3 nitrogen and oxygen atoms in total. The average molecular weight is 399 g/mol. The predicted octanol–water partition coefficient (Wildman–Crippen LogP) is 3.55. The smallest absolute Gasteiger partial charge is 0.252 e. The van der Waals surface area contributed by atoms with Gasteiger partial charge < -0.3 is 10.1 Å². The minimum atomic E-state index is -0.309. The summed E-state index contributed by atoms with van der Waals surface area (Å²) >= 11 is 2.12. The molecule has 0 aliphatic carbocycles. The number of carbonyl (C=O) groups is 1. The first-order chi connectivity index (χ1) is 10.1. The van der Waals surface area contributed by atoms with Crippen LogP contribution in [-0.4, -0.2) is 19.6 Å². The number of ether oxygens (including phenoxy) is 1. The van der Waals surface area contributed by atoms with E-state index in [4.69, 9.17) is 4.74 Å². The first-order valence-electron chi connectivity index (χ1n) is 6.43. The van der Waals surface area contributed by atoms with Gasteiger partial charge in [0.2, 0.25) is 0 Å². The van der Waals surface area contributed by atoms with Crippen molar-refractivity contribution >= 4 is 28.5 Å². The summed E-state index contributed by atoms with van der Waals surface area (Å²) in [4.78, 5) is 12.1. The van der Waals surface area contributed by atoms with E-state index >= 15 is 0 Å². The molecule has 0 heterocycles. The molecule has 0 saturated heterocycles. The van der Waals surface area contributed by atoms with E-state index in [-0.39, 0.29) is 17.8 Å². The van der Waals surface area contributed by atoms with Gasteiger partial charge in [0.25, 0.3) is 5.91 Å². The molecular formula is C16H15FINO2. The average Bonchev–Trinajstić information content (AvgIpc) is 2.49. The maximum absolute atomic E-state index is 12.9. The molecule has 0 bridgehead atoms. The molecule has 1 unspecified atom stereocenters.